The molecule has 0 saturated heterocycles. The second-order valence-electron chi connectivity index (χ2n) is 4.29. The maximum atomic E-state index is 12.1. The molecule has 0 bridgehead atoms. The van der Waals surface area contributed by atoms with Crippen LogP contribution in [0.4, 0.5) is 0 Å². The van der Waals surface area contributed by atoms with Crippen LogP contribution in [0.3, 0.4) is 0 Å². The molecule has 0 aliphatic rings. The van der Waals surface area contributed by atoms with E-state index in [9.17, 15) is 9.59 Å². The van der Waals surface area contributed by atoms with Crippen molar-refractivity contribution in [3.8, 4) is 0 Å². The standard InChI is InChI=1S/C14H18BrNO4/c1-20-9-8-16(10-14(18)19)13(17)7-6-11-4-2-3-5-12(11)15/h2-5H,6-10H2,1H3,(H,18,19). The summed E-state index contributed by atoms with van der Waals surface area (Å²) in [6.07, 6.45) is 0.850. The molecule has 0 aromatic heterocycles. The summed E-state index contributed by atoms with van der Waals surface area (Å²) < 4.78 is 5.84. The summed E-state index contributed by atoms with van der Waals surface area (Å²) in [4.78, 5) is 24.1. The lowest BCUT2D eigenvalue weighted by atomic mass is 10.1. The van der Waals surface area contributed by atoms with E-state index in [2.05, 4.69) is 15.9 Å². The third-order valence-electron chi connectivity index (χ3n) is 2.81. The topological polar surface area (TPSA) is 66.8 Å². The van der Waals surface area contributed by atoms with Gasteiger partial charge in [0.2, 0.25) is 5.91 Å². The zero-order chi connectivity index (χ0) is 15.0. The van der Waals surface area contributed by atoms with Crippen LogP contribution in [-0.4, -0.2) is 48.7 Å². The number of aliphatic carboxylic acids is 1. The van der Waals surface area contributed by atoms with E-state index in [0.29, 0.717) is 13.0 Å². The van der Waals surface area contributed by atoms with Gasteiger partial charge in [0.05, 0.1) is 6.61 Å². The van der Waals surface area contributed by atoms with E-state index >= 15 is 0 Å². The summed E-state index contributed by atoms with van der Waals surface area (Å²) in [7, 11) is 1.52. The Labute approximate surface area is 126 Å². The summed E-state index contributed by atoms with van der Waals surface area (Å²) in [5, 5.41) is 8.82. The van der Waals surface area contributed by atoms with Crippen molar-refractivity contribution in [2.45, 2.75) is 12.8 Å². The Morgan fingerprint density at radius 1 is 1.35 bits per heavy atom. The number of methoxy groups -OCH3 is 1. The van der Waals surface area contributed by atoms with Crippen LogP contribution in [0.15, 0.2) is 28.7 Å². The Morgan fingerprint density at radius 3 is 2.65 bits per heavy atom. The monoisotopic (exact) mass is 343 g/mol. The summed E-state index contributed by atoms with van der Waals surface area (Å²) in [5.74, 6) is -1.20. The number of aryl methyl sites for hydroxylation is 1. The highest BCUT2D eigenvalue weighted by molar-refractivity contribution is 9.10. The SMILES string of the molecule is COCCN(CC(=O)O)C(=O)CCc1ccccc1Br. The number of nitrogens with zero attached hydrogens (tertiary/aromatic N) is 1. The first-order valence-electron chi connectivity index (χ1n) is 6.26. The molecule has 0 spiro atoms. The average molecular weight is 344 g/mol. The number of carbonyl (C=O) groups excluding carboxylic acids is 1. The van der Waals surface area contributed by atoms with Gasteiger partial charge in [-0.2, -0.15) is 0 Å². The molecular weight excluding hydrogens is 326 g/mol. The number of carbonyl (C=O) groups is 2. The summed E-state index contributed by atoms with van der Waals surface area (Å²) in [5.41, 5.74) is 1.03. The van der Waals surface area contributed by atoms with Crippen LogP contribution in [0.5, 0.6) is 0 Å². The quantitative estimate of drug-likeness (QED) is 0.783. The van der Waals surface area contributed by atoms with Crippen molar-refractivity contribution in [1.82, 2.24) is 4.90 Å². The summed E-state index contributed by atoms with van der Waals surface area (Å²) in [6.45, 7) is 0.323. The van der Waals surface area contributed by atoms with Gasteiger partial charge in [0.15, 0.2) is 0 Å². The zero-order valence-corrected chi connectivity index (χ0v) is 12.9. The van der Waals surface area contributed by atoms with Gasteiger partial charge in [-0.1, -0.05) is 34.1 Å². The number of halogens is 1. The molecule has 1 amide bonds. The van der Waals surface area contributed by atoms with Gasteiger partial charge in [-0.15, -0.1) is 0 Å². The molecule has 0 fully saturated rings. The number of carboxylic acid groups (broad SMARTS) is 1. The molecule has 1 rings (SSSR count). The highest BCUT2D eigenvalue weighted by atomic mass is 79.9. The fraction of sp³-hybridized carbons (Fsp3) is 0.429. The zero-order valence-electron chi connectivity index (χ0n) is 11.3. The predicted molar refractivity (Wildman–Crippen MR) is 78.6 cm³/mol. The van der Waals surface area contributed by atoms with Gasteiger partial charge in [-0.25, -0.2) is 0 Å². The number of hydrogen-bond acceptors (Lipinski definition) is 3. The van der Waals surface area contributed by atoms with E-state index < -0.39 is 5.97 Å². The second-order valence-corrected chi connectivity index (χ2v) is 5.15. The fourth-order valence-electron chi connectivity index (χ4n) is 1.76. The first kappa shape index (κ1) is 16.7. The van der Waals surface area contributed by atoms with Gasteiger partial charge < -0.3 is 14.7 Å². The third-order valence-corrected chi connectivity index (χ3v) is 3.58. The number of carboxylic acids is 1. The van der Waals surface area contributed by atoms with Gasteiger partial charge in [0.1, 0.15) is 6.54 Å². The van der Waals surface area contributed by atoms with Crippen molar-refractivity contribution in [1.29, 1.82) is 0 Å². The van der Waals surface area contributed by atoms with Crippen molar-refractivity contribution < 1.29 is 19.4 Å². The van der Waals surface area contributed by atoms with Crippen molar-refractivity contribution in [2.75, 3.05) is 26.8 Å². The molecule has 1 aromatic carbocycles. The van der Waals surface area contributed by atoms with Gasteiger partial charge in [0, 0.05) is 24.5 Å². The summed E-state index contributed by atoms with van der Waals surface area (Å²) in [6, 6.07) is 7.67. The van der Waals surface area contributed by atoms with E-state index in [1.165, 1.54) is 12.0 Å². The van der Waals surface area contributed by atoms with Crippen LogP contribution in [0.1, 0.15) is 12.0 Å². The molecule has 0 saturated carbocycles. The van der Waals surface area contributed by atoms with Crippen molar-refractivity contribution in [2.24, 2.45) is 0 Å². The minimum absolute atomic E-state index is 0.180. The molecule has 1 N–H and O–H groups in total. The molecular formula is C14H18BrNO4. The molecule has 0 heterocycles. The van der Waals surface area contributed by atoms with Crippen LogP contribution in [0.25, 0.3) is 0 Å². The first-order chi connectivity index (χ1) is 9.54. The maximum absolute atomic E-state index is 12.1. The fourth-order valence-corrected chi connectivity index (χ4v) is 2.24. The van der Waals surface area contributed by atoms with Crippen LogP contribution < -0.4 is 0 Å². The number of rotatable bonds is 8. The number of ether oxygens (including phenoxy) is 1. The van der Waals surface area contributed by atoms with Crippen LogP contribution in [-0.2, 0) is 20.7 Å². The Kier molecular flexibility index (Phi) is 7.25. The Morgan fingerprint density at radius 2 is 2.05 bits per heavy atom. The van der Waals surface area contributed by atoms with E-state index in [1.807, 2.05) is 24.3 Å². The molecule has 5 nitrogen and oxygen atoms in total. The maximum Gasteiger partial charge on any atom is 0.323 e. The minimum Gasteiger partial charge on any atom is -0.480 e. The van der Waals surface area contributed by atoms with E-state index in [4.69, 9.17) is 9.84 Å². The number of amides is 1. The lowest BCUT2D eigenvalue weighted by molar-refractivity contribution is -0.144. The van der Waals surface area contributed by atoms with Crippen LogP contribution in [0.2, 0.25) is 0 Å². The number of benzene rings is 1. The van der Waals surface area contributed by atoms with Gasteiger partial charge in [0.25, 0.3) is 0 Å². The molecule has 110 valence electrons. The normalized spacial score (nSPS) is 10.3. The predicted octanol–water partition coefficient (Wildman–Crippen LogP) is 1.94. The second kappa shape index (κ2) is 8.71. The first-order valence-corrected chi connectivity index (χ1v) is 7.05. The molecule has 0 aliphatic carbocycles. The Balaban J connectivity index is 2.57. The van der Waals surface area contributed by atoms with Gasteiger partial charge in [-0.3, -0.25) is 9.59 Å². The largest absolute Gasteiger partial charge is 0.480 e. The highest BCUT2D eigenvalue weighted by Crippen LogP contribution is 2.17. The third kappa shape index (κ3) is 5.71. The molecule has 0 atom stereocenters. The average Bonchev–Trinajstić information content (AvgIpc) is 2.41. The number of hydrogen-bond donors (Lipinski definition) is 1. The lowest BCUT2D eigenvalue weighted by Gasteiger charge is -2.20. The van der Waals surface area contributed by atoms with Gasteiger partial charge >= 0.3 is 5.97 Å². The van der Waals surface area contributed by atoms with Crippen molar-refractivity contribution >= 4 is 27.8 Å². The molecule has 0 radical (unpaired) electrons. The molecule has 0 aliphatic heterocycles. The van der Waals surface area contributed by atoms with E-state index in [1.54, 1.807) is 0 Å². The Hall–Kier alpha value is -1.40. The van der Waals surface area contributed by atoms with E-state index in [0.717, 1.165) is 10.0 Å². The molecule has 1 aromatic rings. The molecule has 6 heteroatoms. The minimum atomic E-state index is -1.02. The Bertz CT molecular complexity index is 464. The van der Waals surface area contributed by atoms with E-state index in [-0.39, 0.29) is 25.4 Å². The summed E-state index contributed by atoms with van der Waals surface area (Å²) >= 11 is 3.43. The van der Waals surface area contributed by atoms with Crippen molar-refractivity contribution in [3.63, 3.8) is 0 Å². The lowest BCUT2D eigenvalue weighted by Crippen LogP contribution is -2.38. The molecule has 20 heavy (non-hydrogen) atoms. The highest BCUT2D eigenvalue weighted by Gasteiger charge is 2.16. The molecule has 0 unspecified atom stereocenters. The van der Waals surface area contributed by atoms with Crippen LogP contribution in [0, 0.1) is 0 Å². The van der Waals surface area contributed by atoms with Crippen LogP contribution >= 0.6 is 15.9 Å². The van der Waals surface area contributed by atoms with Crippen molar-refractivity contribution in [3.05, 3.63) is 34.3 Å². The smallest absolute Gasteiger partial charge is 0.323 e. The van der Waals surface area contributed by atoms with Gasteiger partial charge in [-0.05, 0) is 18.1 Å².